The van der Waals surface area contributed by atoms with Gasteiger partial charge in [-0.25, -0.2) is 0 Å². The van der Waals surface area contributed by atoms with Crippen molar-refractivity contribution in [3.63, 3.8) is 0 Å². The first-order chi connectivity index (χ1) is 9.10. The molecule has 2 rings (SSSR count). The Bertz CT molecular complexity index is 557. The molecule has 0 heterocycles. The van der Waals surface area contributed by atoms with Crippen LogP contribution in [0.1, 0.15) is 18.5 Å². The lowest BCUT2D eigenvalue weighted by Crippen LogP contribution is -2.11. The molecule has 0 aromatic heterocycles. The molecular formula is C15H15BrClNO. The first-order valence-corrected chi connectivity index (χ1v) is 7.17. The first kappa shape index (κ1) is 14.4. The number of nitrogens with one attached hydrogen (secondary N) is 1. The minimum absolute atomic E-state index is 0.324. The Labute approximate surface area is 126 Å². The SMILES string of the molecule is CNC(C)c1ccc(Oc2ccc(Br)cc2Cl)cc1. The van der Waals surface area contributed by atoms with Crippen molar-refractivity contribution in [1.29, 1.82) is 0 Å². The van der Waals surface area contributed by atoms with Gasteiger partial charge < -0.3 is 10.1 Å². The quantitative estimate of drug-likeness (QED) is 0.828. The van der Waals surface area contributed by atoms with Crippen molar-refractivity contribution in [2.75, 3.05) is 7.05 Å². The van der Waals surface area contributed by atoms with E-state index in [0.29, 0.717) is 16.8 Å². The van der Waals surface area contributed by atoms with Gasteiger partial charge in [-0.3, -0.25) is 0 Å². The van der Waals surface area contributed by atoms with Crippen LogP contribution >= 0.6 is 27.5 Å². The van der Waals surface area contributed by atoms with Crippen molar-refractivity contribution in [2.45, 2.75) is 13.0 Å². The summed E-state index contributed by atoms with van der Waals surface area (Å²) < 4.78 is 6.69. The van der Waals surface area contributed by atoms with E-state index in [1.54, 1.807) is 0 Å². The molecule has 2 aromatic carbocycles. The van der Waals surface area contributed by atoms with Crippen LogP contribution in [0.2, 0.25) is 5.02 Å². The molecule has 0 saturated carbocycles. The van der Waals surface area contributed by atoms with Crippen LogP contribution in [-0.4, -0.2) is 7.05 Å². The molecule has 0 fully saturated rings. The predicted octanol–water partition coefficient (Wildman–Crippen LogP) is 5.18. The summed E-state index contributed by atoms with van der Waals surface area (Å²) in [6, 6.07) is 13.9. The van der Waals surface area contributed by atoms with Crippen LogP contribution < -0.4 is 10.1 Å². The molecule has 0 spiro atoms. The van der Waals surface area contributed by atoms with Crippen molar-refractivity contribution in [3.8, 4) is 11.5 Å². The fourth-order valence-electron chi connectivity index (χ4n) is 1.68. The molecule has 19 heavy (non-hydrogen) atoms. The molecule has 2 nitrogen and oxygen atoms in total. The molecule has 0 amide bonds. The average molecular weight is 341 g/mol. The third kappa shape index (κ3) is 3.72. The van der Waals surface area contributed by atoms with Gasteiger partial charge >= 0.3 is 0 Å². The highest BCUT2D eigenvalue weighted by molar-refractivity contribution is 9.10. The zero-order valence-electron chi connectivity index (χ0n) is 10.8. The van der Waals surface area contributed by atoms with Gasteiger partial charge in [0.05, 0.1) is 5.02 Å². The highest BCUT2D eigenvalue weighted by Gasteiger charge is 2.05. The van der Waals surface area contributed by atoms with E-state index in [-0.39, 0.29) is 0 Å². The van der Waals surface area contributed by atoms with Crippen molar-refractivity contribution in [3.05, 3.63) is 57.5 Å². The minimum Gasteiger partial charge on any atom is -0.456 e. The van der Waals surface area contributed by atoms with Crippen molar-refractivity contribution >= 4 is 27.5 Å². The Hall–Kier alpha value is -1.03. The maximum absolute atomic E-state index is 6.12. The Balaban J connectivity index is 2.15. The van der Waals surface area contributed by atoms with Gasteiger partial charge in [0.25, 0.3) is 0 Å². The van der Waals surface area contributed by atoms with Crippen LogP contribution in [0.4, 0.5) is 0 Å². The maximum Gasteiger partial charge on any atom is 0.146 e. The topological polar surface area (TPSA) is 21.3 Å². The second-order valence-corrected chi connectivity index (χ2v) is 5.58. The largest absolute Gasteiger partial charge is 0.456 e. The van der Waals surface area contributed by atoms with E-state index in [4.69, 9.17) is 16.3 Å². The lowest BCUT2D eigenvalue weighted by Gasteiger charge is -2.12. The van der Waals surface area contributed by atoms with E-state index in [1.165, 1.54) is 5.56 Å². The fourth-order valence-corrected chi connectivity index (χ4v) is 2.39. The highest BCUT2D eigenvalue weighted by atomic mass is 79.9. The standard InChI is InChI=1S/C15H15BrClNO/c1-10(18-2)11-3-6-13(7-4-11)19-15-8-5-12(16)9-14(15)17/h3-10,18H,1-2H3. The summed E-state index contributed by atoms with van der Waals surface area (Å²) in [4.78, 5) is 0. The number of hydrogen-bond acceptors (Lipinski definition) is 2. The molecule has 0 aliphatic rings. The number of rotatable bonds is 4. The third-order valence-corrected chi connectivity index (χ3v) is 3.72. The lowest BCUT2D eigenvalue weighted by molar-refractivity contribution is 0.482. The van der Waals surface area contributed by atoms with E-state index < -0.39 is 0 Å². The zero-order valence-corrected chi connectivity index (χ0v) is 13.1. The Morgan fingerprint density at radius 1 is 1.16 bits per heavy atom. The molecule has 1 N–H and O–H groups in total. The predicted molar refractivity (Wildman–Crippen MR) is 83.1 cm³/mol. The molecule has 0 radical (unpaired) electrons. The number of ether oxygens (including phenoxy) is 1. The summed E-state index contributed by atoms with van der Waals surface area (Å²) in [6.45, 7) is 2.11. The molecule has 100 valence electrons. The van der Waals surface area contributed by atoms with Gasteiger partial charge in [0.15, 0.2) is 0 Å². The molecule has 0 bridgehead atoms. The van der Waals surface area contributed by atoms with Crippen LogP contribution in [0.3, 0.4) is 0 Å². The van der Waals surface area contributed by atoms with E-state index in [9.17, 15) is 0 Å². The van der Waals surface area contributed by atoms with Crippen molar-refractivity contribution in [1.82, 2.24) is 5.32 Å². The molecule has 0 aliphatic heterocycles. The molecule has 4 heteroatoms. The number of hydrogen-bond donors (Lipinski definition) is 1. The minimum atomic E-state index is 0.324. The van der Waals surface area contributed by atoms with Crippen LogP contribution in [0, 0.1) is 0 Å². The summed E-state index contributed by atoms with van der Waals surface area (Å²) in [5, 5.41) is 3.78. The number of halogens is 2. The van der Waals surface area contributed by atoms with Gasteiger partial charge in [-0.05, 0) is 49.9 Å². The molecular weight excluding hydrogens is 326 g/mol. The summed E-state index contributed by atoms with van der Waals surface area (Å²) in [7, 11) is 1.94. The second kappa shape index (κ2) is 6.42. The first-order valence-electron chi connectivity index (χ1n) is 6.00. The van der Waals surface area contributed by atoms with Gasteiger partial charge in [0, 0.05) is 10.5 Å². The van der Waals surface area contributed by atoms with E-state index in [1.807, 2.05) is 49.5 Å². The average Bonchev–Trinajstić information content (AvgIpc) is 2.42. The monoisotopic (exact) mass is 339 g/mol. The molecule has 1 atom stereocenters. The van der Waals surface area contributed by atoms with Crippen LogP contribution in [0.15, 0.2) is 46.9 Å². The normalized spacial score (nSPS) is 12.2. The van der Waals surface area contributed by atoms with E-state index >= 15 is 0 Å². The molecule has 0 saturated heterocycles. The third-order valence-electron chi connectivity index (χ3n) is 2.93. The highest BCUT2D eigenvalue weighted by Crippen LogP contribution is 2.32. The second-order valence-electron chi connectivity index (χ2n) is 4.26. The van der Waals surface area contributed by atoms with E-state index in [2.05, 4.69) is 28.2 Å². The Morgan fingerprint density at radius 3 is 2.42 bits per heavy atom. The van der Waals surface area contributed by atoms with E-state index in [0.717, 1.165) is 10.2 Å². The smallest absolute Gasteiger partial charge is 0.146 e. The molecule has 1 unspecified atom stereocenters. The summed E-state index contributed by atoms with van der Waals surface area (Å²) in [6.07, 6.45) is 0. The maximum atomic E-state index is 6.12. The van der Waals surface area contributed by atoms with Gasteiger partial charge in [-0.1, -0.05) is 39.7 Å². The van der Waals surface area contributed by atoms with Crippen molar-refractivity contribution < 1.29 is 4.74 Å². The van der Waals surface area contributed by atoms with Crippen LogP contribution in [0.5, 0.6) is 11.5 Å². The summed E-state index contributed by atoms with van der Waals surface area (Å²) in [5.41, 5.74) is 1.22. The van der Waals surface area contributed by atoms with Gasteiger partial charge in [0.1, 0.15) is 11.5 Å². The summed E-state index contributed by atoms with van der Waals surface area (Å²) in [5.74, 6) is 1.43. The lowest BCUT2D eigenvalue weighted by atomic mass is 10.1. The van der Waals surface area contributed by atoms with Gasteiger partial charge in [-0.2, -0.15) is 0 Å². The Morgan fingerprint density at radius 2 is 1.84 bits per heavy atom. The van der Waals surface area contributed by atoms with Crippen molar-refractivity contribution in [2.24, 2.45) is 0 Å². The van der Waals surface area contributed by atoms with Crippen LogP contribution in [-0.2, 0) is 0 Å². The zero-order chi connectivity index (χ0) is 13.8. The number of benzene rings is 2. The fraction of sp³-hybridized carbons (Fsp3) is 0.200. The van der Waals surface area contributed by atoms with Gasteiger partial charge in [0.2, 0.25) is 0 Å². The van der Waals surface area contributed by atoms with Gasteiger partial charge in [-0.15, -0.1) is 0 Å². The summed E-state index contributed by atoms with van der Waals surface area (Å²) >= 11 is 9.49. The Kier molecular flexibility index (Phi) is 4.86. The van der Waals surface area contributed by atoms with Crippen LogP contribution in [0.25, 0.3) is 0 Å². The molecule has 0 aliphatic carbocycles. The molecule has 2 aromatic rings.